The van der Waals surface area contributed by atoms with Crippen LogP contribution in [0.15, 0.2) is 12.3 Å². The number of halogens is 2. The third-order valence-electron chi connectivity index (χ3n) is 2.46. The van der Waals surface area contributed by atoms with Crippen molar-refractivity contribution in [1.29, 1.82) is 0 Å². The average Bonchev–Trinajstić information content (AvgIpc) is 2.17. The minimum Gasteiger partial charge on any atom is -0.351 e. The van der Waals surface area contributed by atoms with Crippen molar-refractivity contribution in [3.63, 3.8) is 0 Å². The number of rotatable bonds is 1. The number of pyridine rings is 1. The first-order valence-electron chi connectivity index (χ1n) is 4.96. The van der Waals surface area contributed by atoms with Gasteiger partial charge < -0.3 is 10.2 Å². The summed E-state index contributed by atoms with van der Waals surface area (Å²) in [7, 11) is 0. The van der Waals surface area contributed by atoms with Crippen LogP contribution in [-0.4, -0.2) is 30.7 Å². The Labute approximate surface area is 93.2 Å². The Balaban J connectivity index is 2.21. The molecule has 0 spiro atoms. The van der Waals surface area contributed by atoms with Crippen LogP contribution in [0.3, 0.4) is 0 Å². The van der Waals surface area contributed by atoms with Crippen LogP contribution in [0, 0.1) is 5.82 Å². The van der Waals surface area contributed by atoms with Gasteiger partial charge in [0.1, 0.15) is 0 Å². The van der Waals surface area contributed by atoms with Gasteiger partial charge in [0.15, 0.2) is 11.6 Å². The molecule has 2 rings (SSSR count). The lowest BCUT2D eigenvalue weighted by Crippen LogP contribution is -2.49. The molecule has 82 valence electrons. The zero-order valence-electron chi connectivity index (χ0n) is 8.50. The molecule has 1 N–H and O–H groups in total. The lowest BCUT2D eigenvalue weighted by Gasteiger charge is -2.32. The maximum Gasteiger partial charge on any atom is 0.167 e. The fourth-order valence-corrected chi connectivity index (χ4v) is 1.91. The SMILES string of the molecule is CC1CN(c2ncc(Cl)cc2F)CCN1. The van der Waals surface area contributed by atoms with Crippen molar-refractivity contribution in [2.75, 3.05) is 24.5 Å². The van der Waals surface area contributed by atoms with Crippen molar-refractivity contribution in [2.24, 2.45) is 0 Å². The van der Waals surface area contributed by atoms with E-state index in [1.165, 1.54) is 12.3 Å². The largest absolute Gasteiger partial charge is 0.351 e. The zero-order chi connectivity index (χ0) is 10.8. The second-order valence-electron chi connectivity index (χ2n) is 3.76. The van der Waals surface area contributed by atoms with Crippen molar-refractivity contribution in [1.82, 2.24) is 10.3 Å². The minimum atomic E-state index is -0.350. The van der Waals surface area contributed by atoms with Gasteiger partial charge in [0.05, 0.1) is 5.02 Å². The first kappa shape index (κ1) is 10.6. The highest BCUT2D eigenvalue weighted by Crippen LogP contribution is 2.20. The van der Waals surface area contributed by atoms with E-state index >= 15 is 0 Å². The van der Waals surface area contributed by atoms with E-state index in [0.717, 1.165) is 19.6 Å². The van der Waals surface area contributed by atoms with Crippen LogP contribution < -0.4 is 10.2 Å². The smallest absolute Gasteiger partial charge is 0.167 e. The Bertz CT molecular complexity index is 359. The molecular formula is C10H13ClFN3. The summed E-state index contributed by atoms with van der Waals surface area (Å²) in [4.78, 5) is 5.96. The highest BCUT2D eigenvalue weighted by atomic mass is 35.5. The van der Waals surface area contributed by atoms with E-state index in [0.29, 0.717) is 16.9 Å². The van der Waals surface area contributed by atoms with E-state index in [1.54, 1.807) is 0 Å². The van der Waals surface area contributed by atoms with Crippen molar-refractivity contribution < 1.29 is 4.39 Å². The molecule has 0 aromatic carbocycles. The standard InChI is InChI=1S/C10H13ClFN3/c1-7-6-15(3-2-13-7)10-9(12)4-8(11)5-14-10/h4-5,7,13H,2-3,6H2,1H3. The molecule has 1 unspecified atom stereocenters. The van der Waals surface area contributed by atoms with Crippen LogP contribution in [0.4, 0.5) is 10.2 Å². The second-order valence-corrected chi connectivity index (χ2v) is 4.20. The molecule has 1 aliphatic rings. The Kier molecular flexibility index (Phi) is 3.07. The molecule has 2 heterocycles. The Morgan fingerprint density at radius 2 is 2.47 bits per heavy atom. The van der Waals surface area contributed by atoms with Crippen LogP contribution in [0.2, 0.25) is 5.02 Å². The predicted octanol–water partition coefficient (Wildman–Crippen LogP) is 1.67. The molecule has 0 amide bonds. The highest BCUT2D eigenvalue weighted by Gasteiger charge is 2.19. The van der Waals surface area contributed by atoms with Crippen molar-refractivity contribution in [2.45, 2.75) is 13.0 Å². The van der Waals surface area contributed by atoms with Crippen LogP contribution in [0.1, 0.15) is 6.92 Å². The molecule has 0 bridgehead atoms. The lowest BCUT2D eigenvalue weighted by atomic mass is 10.2. The van der Waals surface area contributed by atoms with Gasteiger partial charge in [-0.05, 0) is 13.0 Å². The number of hydrogen-bond acceptors (Lipinski definition) is 3. The Morgan fingerprint density at radius 1 is 1.67 bits per heavy atom. The zero-order valence-corrected chi connectivity index (χ0v) is 9.26. The summed E-state index contributed by atoms with van der Waals surface area (Å²) in [6, 6.07) is 1.66. The quantitative estimate of drug-likeness (QED) is 0.794. The molecule has 1 aromatic rings. The molecule has 0 radical (unpaired) electrons. The van der Waals surface area contributed by atoms with E-state index < -0.39 is 0 Å². The number of nitrogens with one attached hydrogen (secondary N) is 1. The van der Waals surface area contributed by atoms with E-state index in [1.807, 2.05) is 4.90 Å². The van der Waals surface area contributed by atoms with Crippen LogP contribution in [0.25, 0.3) is 0 Å². The van der Waals surface area contributed by atoms with E-state index in [9.17, 15) is 4.39 Å². The van der Waals surface area contributed by atoms with Crippen molar-refractivity contribution in [3.05, 3.63) is 23.1 Å². The van der Waals surface area contributed by atoms with E-state index in [-0.39, 0.29) is 5.82 Å². The van der Waals surface area contributed by atoms with Crippen LogP contribution in [-0.2, 0) is 0 Å². The fraction of sp³-hybridized carbons (Fsp3) is 0.500. The Hall–Kier alpha value is -0.870. The van der Waals surface area contributed by atoms with Gasteiger partial charge in [-0.15, -0.1) is 0 Å². The number of piperazine rings is 1. The second kappa shape index (κ2) is 4.33. The maximum absolute atomic E-state index is 13.6. The molecule has 1 atom stereocenters. The average molecular weight is 230 g/mol. The first-order valence-corrected chi connectivity index (χ1v) is 5.34. The summed E-state index contributed by atoms with van der Waals surface area (Å²) < 4.78 is 13.6. The monoisotopic (exact) mass is 229 g/mol. The fourth-order valence-electron chi connectivity index (χ4n) is 1.76. The molecule has 1 saturated heterocycles. The van der Waals surface area contributed by atoms with Gasteiger partial charge >= 0.3 is 0 Å². The molecule has 5 heteroatoms. The molecule has 1 fully saturated rings. The van der Waals surface area contributed by atoms with Crippen molar-refractivity contribution >= 4 is 17.4 Å². The third-order valence-corrected chi connectivity index (χ3v) is 2.66. The maximum atomic E-state index is 13.6. The molecule has 3 nitrogen and oxygen atoms in total. The third kappa shape index (κ3) is 2.38. The number of hydrogen-bond donors (Lipinski definition) is 1. The molecule has 1 aliphatic heterocycles. The summed E-state index contributed by atoms with van der Waals surface area (Å²) in [6.45, 7) is 4.46. The van der Waals surface area contributed by atoms with Gasteiger partial charge in [0, 0.05) is 31.9 Å². The topological polar surface area (TPSA) is 28.2 Å². The van der Waals surface area contributed by atoms with Gasteiger partial charge in [-0.3, -0.25) is 0 Å². The van der Waals surface area contributed by atoms with E-state index in [2.05, 4.69) is 17.2 Å². The summed E-state index contributed by atoms with van der Waals surface area (Å²) in [5.74, 6) is 0.0457. The molecule has 15 heavy (non-hydrogen) atoms. The minimum absolute atomic E-state index is 0.333. The van der Waals surface area contributed by atoms with Crippen LogP contribution >= 0.6 is 11.6 Å². The van der Waals surface area contributed by atoms with Gasteiger partial charge in [0.25, 0.3) is 0 Å². The van der Waals surface area contributed by atoms with Gasteiger partial charge in [-0.1, -0.05) is 11.6 Å². The summed E-state index contributed by atoms with van der Waals surface area (Å²) in [5, 5.41) is 3.63. The van der Waals surface area contributed by atoms with E-state index in [4.69, 9.17) is 11.6 Å². The van der Waals surface area contributed by atoms with Crippen LogP contribution in [0.5, 0.6) is 0 Å². The highest BCUT2D eigenvalue weighted by molar-refractivity contribution is 6.30. The summed E-state index contributed by atoms with van der Waals surface area (Å²) in [5.41, 5.74) is 0. The summed E-state index contributed by atoms with van der Waals surface area (Å²) >= 11 is 5.65. The molecule has 0 saturated carbocycles. The number of anilines is 1. The Morgan fingerprint density at radius 3 is 3.13 bits per heavy atom. The van der Waals surface area contributed by atoms with Gasteiger partial charge in [-0.2, -0.15) is 0 Å². The molecular weight excluding hydrogens is 217 g/mol. The van der Waals surface area contributed by atoms with Gasteiger partial charge in [-0.25, -0.2) is 9.37 Å². The molecule has 0 aliphatic carbocycles. The van der Waals surface area contributed by atoms with Crippen molar-refractivity contribution in [3.8, 4) is 0 Å². The first-order chi connectivity index (χ1) is 7.16. The molecule has 1 aromatic heterocycles. The summed E-state index contributed by atoms with van der Waals surface area (Å²) in [6.07, 6.45) is 1.48. The number of aromatic nitrogens is 1. The normalized spacial score (nSPS) is 21.8. The lowest BCUT2D eigenvalue weighted by molar-refractivity contribution is 0.475. The number of nitrogens with zero attached hydrogens (tertiary/aromatic N) is 2. The van der Waals surface area contributed by atoms with Gasteiger partial charge in [0.2, 0.25) is 0 Å². The predicted molar refractivity (Wildman–Crippen MR) is 58.9 cm³/mol.